The van der Waals surface area contributed by atoms with Gasteiger partial charge in [0.2, 0.25) is 12.0 Å². The van der Waals surface area contributed by atoms with Crippen LogP contribution in [0.5, 0.6) is 0 Å². The van der Waals surface area contributed by atoms with E-state index < -0.39 is 0 Å². The minimum Gasteiger partial charge on any atom is -0.355 e. The molecule has 0 rings (SSSR count). The number of nitrogens with zero attached hydrogens (tertiary/aromatic N) is 1. The summed E-state index contributed by atoms with van der Waals surface area (Å²) in [7, 11) is 0. The predicted molar refractivity (Wildman–Crippen MR) is 80.5 cm³/mol. The van der Waals surface area contributed by atoms with E-state index >= 15 is 0 Å². The summed E-state index contributed by atoms with van der Waals surface area (Å²) in [5, 5.41) is 2.52. The zero-order chi connectivity index (χ0) is 15.2. The molecule has 8 heteroatoms. The number of hydrogen-bond donors (Lipinski definition) is 1. The molecule has 0 spiro atoms. The van der Waals surface area contributed by atoms with Crippen LogP contribution >= 0.6 is 23.5 Å². The smallest absolute Gasteiger partial charge is 0.234 e. The molecule has 0 aliphatic carbocycles. The Morgan fingerprint density at radius 3 is 2.25 bits per heavy atom. The number of amides is 1. The first kappa shape index (κ1) is 18.9. The number of isocyanates is 1. The molecule has 0 aromatic carbocycles. The molecule has 6 nitrogen and oxygen atoms in total. The van der Waals surface area contributed by atoms with Crippen LogP contribution in [-0.2, 0) is 19.2 Å². The van der Waals surface area contributed by atoms with E-state index in [2.05, 4.69) is 10.3 Å². The highest BCUT2D eigenvalue weighted by atomic mass is 32.2. The molecule has 1 amide bonds. The molecule has 0 saturated carbocycles. The molecule has 20 heavy (non-hydrogen) atoms. The van der Waals surface area contributed by atoms with Gasteiger partial charge in [0.1, 0.15) is 0 Å². The van der Waals surface area contributed by atoms with Crippen molar-refractivity contribution in [1.29, 1.82) is 0 Å². The number of rotatable bonds is 10. The maximum Gasteiger partial charge on any atom is 0.234 e. The summed E-state index contributed by atoms with van der Waals surface area (Å²) in [6, 6.07) is 0. The molecular weight excluding hydrogens is 300 g/mol. The quantitative estimate of drug-likeness (QED) is 0.369. The molecule has 0 atom stereocenters. The van der Waals surface area contributed by atoms with Crippen LogP contribution in [0.15, 0.2) is 4.99 Å². The van der Waals surface area contributed by atoms with Crippen molar-refractivity contribution in [2.75, 3.05) is 24.6 Å². The van der Waals surface area contributed by atoms with E-state index in [4.69, 9.17) is 0 Å². The van der Waals surface area contributed by atoms with Crippen LogP contribution in [0.1, 0.15) is 26.2 Å². The summed E-state index contributed by atoms with van der Waals surface area (Å²) in [5.41, 5.74) is 0. The molecule has 1 N–H and O–H groups in total. The number of thioether (sulfide) groups is 2. The minimum absolute atomic E-state index is 0.0392. The maximum absolute atomic E-state index is 11.5. The Kier molecular flexibility index (Phi) is 12.2. The van der Waals surface area contributed by atoms with Crippen molar-refractivity contribution in [1.82, 2.24) is 5.32 Å². The first-order valence-corrected chi connectivity index (χ1v) is 8.18. The number of hydrogen-bond acceptors (Lipinski definition) is 7. The minimum atomic E-state index is -0.0839. The first-order chi connectivity index (χ1) is 9.60. The molecule has 0 aliphatic rings. The van der Waals surface area contributed by atoms with Gasteiger partial charge in [-0.25, -0.2) is 9.79 Å². The molecule has 0 aromatic rings. The Balaban J connectivity index is 3.54. The molecule has 0 saturated heterocycles. The van der Waals surface area contributed by atoms with Crippen LogP contribution < -0.4 is 5.32 Å². The van der Waals surface area contributed by atoms with Gasteiger partial charge in [0.25, 0.3) is 0 Å². The van der Waals surface area contributed by atoms with Gasteiger partial charge in [-0.3, -0.25) is 14.4 Å². The van der Waals surface area contributed by atoms with Crippen LogP contribution in [-0.4, -0.2) is 46.8 Å². The monoisotopic (exact) mass is 318 g/mol. The molecule has 0 fully saturated rings. The largest absolute Gasteiger partial charge is 0.355 e. The van der Waals surface area contributed by atoms with Gasteiger partial charge in [0.15, 0.2) is 10.2 Å². The van der Waals surface area contributed by atoms with Crippen LogP contribution in [0, 0.1) is 0 Å². The lowest BCUT2D eigenvalue weighted by molar-refractivity contribution is -0.120. The zero-order valence-electron chi connectivity index (χ0n) is 11.3. The Labute approximate surface area is 126 Å². The molecule has 0 radical (unpaired) electrons. The van der Waals surface area contributed by atoms with Crippen molar-refractivity contribution < 1.29 is 19.2 Å². The highest BCUT2D eigenvalue weighted by Gasteiger charge is 2.08. The zero-order valence-corrected chi connectivity index (χ0v) is 13.0. The van der Waals surface area contributed by atoms with E-state index in [-0.39, 0.29) is 35.5 Å². The van der Waals surface area contributed by atoms with Crippen molar-refractivity contribution in [2.45, 2.75) is 26.2 Å². The number of carbonyl (C=O) groups is 3. The van der Waals surface area contributed by atoms with Crippen LogP contribution in [0.2, 0.25) is 0 Å². The van der Waals surface area contributed by atoms with Gasteiger partial charge in [-0.15, -0.1) is 0 Å². The molecule has 0 heterocycles. The fourth-order valence-electron chi connectivity index (χ4n) is 1.08. The average molecular weight is 318 g/mol. The van der Waals surface area contributed by atoms with Crippen molar-refractivity contribution in [3.8, 4) is 0 Å². The van der Waals surface area contributed by atoms with E-state index in [1.165, 1.54) is 6.08 Å². The van der Waals surface area contributed by atoms with Crippen molar-refractivity contribution in [3.63, 3.8) is 0 Å². The van der Waals surface area contributed by atoms with E-state index in [0.29, 0.717) is 24.5 Å². The SMILES string of the molecule is CCC(=O)NCCSC(=O)CCC(=O)SCCN=C=O. The molecular formula is C12H18N2O4S2. The van der Waals surface area contributed by atoms with Gasteiger partial charge in [-0.05, 0) is 0 Å². The summed E-state index contributed by atoms with van der Waals surface area (Å²) in [6.07, 6.45) is 2.20. The lowest BCUT2D eigenvalue weighted by Crippen LogP contribution is -2.24. The van der Waals surface area contributed by atoms with Crippen molar-refractivity contribution in [3.05, 3.63) is 0 Å². The lowest BCUT2D eigenvalue weighted by atomic mass is 10.4. The fourth-order valence-corrected chi connectivity index (χ4v) is 2.41. The second-order valence-corrected chi connectivity index (χ2v) is 5.92. The van der Waals surface area contributed by atoms with Crippen LogP contribution in [0.3, 0.4) is 0 Å². The lowest BCUT2D eigenvalue weighted by Gasteiger charge is -2.02. The molecule has 0 aromatic heterocycles. The molecule has 0 unspecified atom stereocenters. The second-order valence-electron chi connectivity index (χ2n) is 3.62. The highest BCUT2D eigenvalue weighted by Crippen LogP contribution is 2.12. The summed E-state index contributed by atoms with van der Waals surface area (Å²) >= 11 is 2.18. The van der Waals surface area contributed by atoms with E-state index in [0.717, 1.165) is 23.5 Å². The van der Waals surface area contributed by atoms with Gasteiger partial charge in [0.05, 0.1) is 6.54 Å². The normalized spacial score (nSPS) is 9.65. The highest BCUT2D eigenvalue weighted by molar-refractivity contribution is 8.14. The number of aliphatic imine (C=N–C) groups is 1. The second kappa shape index (κ2) is 12.9. The van der Waals surface area contributed by atoms with Crippen molar-refractivity contribution >= 4 is 45.7 Å². The van der Waals surface area contributed by atoms with Gasteiger partial charge >= 0.3 is 0 Å². The predicted octanol–water partition coefficient (Wildman–Crippen LogP) is 1.15. The summed E-state index contributed by atoms with van der Waals surface area (Å²) in [4.78, 5) is 46.9. The summed E-state index contributed by atoms with van der Waals surface area (Å²) in [5.74, 6) is 0.904. The number of nitrogens with one attached hydrogen (secondary N) is 1. The van der Waals surface area contributed by atoms with E-state index in [1.807, 2.05) is 0 Å². The molecule has 0 aliphatic heterocycles. The Hall–Kier alpha value is -1.11. The average Bonchev–Trinajstić information content (AvgIpc) is 2.45. The third-order valence-corrected chi connectivity index (χ3v) is 3.92. The van der Waals surface area contributed by atoms with Crippen LogP contribution in [0.25, 0.3) is 0 Å². The van der Waals surface area contributed by atoms with Gasteiger partial charge in [-0.1, -0.05) is 30.4 Å². The Morgan fingerprint density at radius 1 is 1.10 bits per heavy atom. The summed E-state index contributed by atoms with van der Waals surface area (Å²) < 4.78 is 0. The molecule has 0 bridgehead atoms. The van der Waals surface area contributed by atoms with Gasteiger partial charge < -0.3 is 5.32 Å². The third kappa shape index (κ3) is 12.0. The van der Waals surface area contributed by atoms with Gasteiger partial charge in [-0.2, -0.15) is 0 Å². The maximum atomic E-state index is 11.5. The Morgan fingerprint density at radius 2 is 1.70 bits per heavy atom. The summed E-state index contributed by atoms with van der Waals surface area (Å²) in [6.45, 7) is 2.48. The first-order valence-electron chi connectivity index (χ1n) is 6.21. The van der Waals surface area contributed by atoms with E-state index in [1.54, 1.807) is 6.92 Å². The fraction of sp³-hybridized carbons (Fsp3) is 0.667. The standard InChI is InChI=1S/C12H18N2O4S2/c1-2-10(16)14-6-8-20-12(18)4-3-11(17)19-7-5-13-9-15/h2-8H2,1H3,(H,14,16). The molecule has 112 valence electrons. The topological polar surface area (TPSA) is 92.7 Å². The van der Waals surface area contributed by atoms with Gasteiger partial charge in [0, 0.05) is 37.3 Å². The van der Waals surface area contributed by atoms with E-state index in [9.17, 15) is 19.2 Å². The number of carbonyl (C=O) groups excluding carboxylic acids is 4. The van der Waals surface area contributed by atoms with Crippen molar-refractivity contribution in [2.24, 2.45) is 4.99 Å². The third-order valence-electron chi connectivity index (χ3n) is 2.07. The Bertz CT molecular complexity index is 382. The van der Waals surface area contributed by atoms with Crippen LogP contribution in [0.4, 0.5) is 0 Å².